The first-order valence-corrected chi connectivity index (χ1v) is 6.23. The van der Waals surface area contributed by atoms with E-state index in [-0.39, 0.29) is 0 Å². The summed E-state index contributed by atoms with van der Waals surface area (Å²) in [5.41, 5.74) is 0. The molecule has 0 unspecified atom stereocenters. The first-order chi connectivity index (χ1) is 7.72. The summed E-state index contributed by atoms with van der Waals surface area (Å²) in [4.78, 5) is 0. The van der Waals surface area contributed by atoms with Gasteiger partial charge in [-0.3, -0.25) is 4.68 Å². The molecular formula is C10H15BrN4S. The van der Waals surface area contributed by atoms with Gasteiger partial charge >= 0.3 is 0 Å². The SMILES string of the molecule is C=CCNC(=S)NCCCn1cc(Br)cn1. The van der Waals surface area contributed by atoms with Gasteiger partial charge in [0, 0.05) is 25.8 Å². The highest BCUT2D eigenvalue weighted by atomic mass is 79.9. The zero-order chi connectivity index (χ0) is 11.8. The van der Waals surface area contributed by atoms with Crippen LogP contribution in [0.15, 0.2) is 29.5 Å². The molecule has 0 bridgehead atoms. The molecule has 6 heteroatoms. The number of halogens is 1. The molecular weight excluding hydrogens is 288 g/mol. The van der Waals surface area contributed by atoms with E-state index in [0.29, 0.717) is 11.7 Å². The Hall–Kier alpha value is -0.880. The molecule has 4 nitrogen and oxygen atoms in total. The van der Waals surface area contributed by atoms with Crippen LogP contribution in [0.1, 0.15) is 6.42 Å². The molecule has 0 spiro atoms. The molecule has 0 fully saturated rings. The van der Waals surface area contributed by atoms with Crippen molar-refractivity contribution in [3.63, 3.8) is 0 Å². The van der Waals surface area contributed by atoms with E-state index in [9.17, 15) is 0 Å². The van der Waals surface area contributed by atoms with E-state index < -0.39 is 0 Å². The molecule has 2 N–H and O–H groups in total. The fourth-order valence-corrected chi connectivity index (χ4v) is 1.64. The summed E-state index contributed by atoms with van der Waals surface area (Å²) in [6.07, 6.45) is 6.48. The van der Waals surface area contributed by atoms with Crippen LogP contribution in [0, 0.1) is 0 Å². The Labute approximate surface area is 109 Å². The lowest BCUT2D eigenvalue weighted by atomic mass is 10.4. The van der Waals surface area contributed by atoms with Gasteiger partial charge in [-0.1, -0.05) is 6.08 Å². The lowest BCUT2D eigenvalue weighted by Gasteiger charge is -2.08. The van der Waals surface area contributed by atoms with Crippen LogP contribution in [0.5, 0.6) is 0 Å². The van der Waals surface area contributed by atoms with Crippen molar-refractivity contribution in [2.75, 3.05) is 13.1 Å². The summed E-state index contributed by atoms with van der Waals surface area (Å²) in [5.74, 6) is 0. The monoisotopic (exact) mass is 302 g/mol. The molecule has 1 aromatic heterocycles. The highest BCUT2D eigenvalue weighted by Gasteiger charge is 1.96. The molecule has 88 valence electrons. The molecule has 1 aromatic rings. The van der Waals surface area contributed by atoms with Crippen LogP contribution in [-0.4, -0.2) is 28.0 Å². The van der Waals surface area contributed by atoms with Crippen molar-refractivity contribution in [1.82, 2.24) is 20.4 Å². The lowest BCUT2D eigenvalue weighted by Crippen LogP contribution is -2.36. The van der Waals surface area contributed by atoms with Gasteiger partial charge in [0.1, 0.15) is 0 Å². The van der Waals surface area contributed by atoms with Crippen LogP contribution in [-0.2, 0) is 6.54 Å². The smallest absolute Gasteiger partial charge is 0.166 e. The maximum absolute atomic E-state index is 5.05. The second-order valence-corrected chi connectivity index (χ2v) is 4.52. The van der Waals surface area contributed by atoms with E-state index in [0.717, 1.165) is 24.0 Å². The number of aromatic nitrogens is 2. The largest absolute Gasteiger partial charge is 0.363 e. The van der Waals surface area contributed by atoms with E-state index in [1.54, 1.807) is 12.3 Å². The average molecular weight is 303 g/mol. The van der Waals surface area contributed by atoms with Crippen LogP contribution in [0.4, 0.5) is 0 Å². The van der Waals surface area contributed by atoms with Gasteiger partial charge in [-0.15, -0.1) is 6.58 Å². The minimum Gasteiger partial charge on any atom is -0.363 e. The molecule has 0 saturated heterocycles. The summed E-state index contributed by atoms with van der Waals surface area (Å²) in [5, 5.41) is 11.0. The number of hydrogen-bond donors (Lipinski definition) is 2. The van der Waals surface area contributed by atoms with Gasteiger partial charge in [0.2, 0.25) is 0 Å². The van der Waals surface area contributed by atoms with E-state index in [1.165, 1.54) is 0 Å². The standard InChI is InChI=1S/C10H15BrN4S/c1-2-4-12-10(16)13-5-3-6-15-8-9(11)7-14-15/h2,7-8H,1,3-6H2,(H2,12,13,16). The number of aryl methyl sites for hydroxylation is 1. The molecule has 1 heterocycles. The molecule has 0 atom stereocenters. The molecule has 1 rings (SSSR count). The molecule has 0 amide bonds. The third-order valence-corrected chi connectivity index (χ3v) is 2.56. The van der Waals surface area contributed by atoms with Crippen molar-refractivity contribution >= 4 is 33.3 Å². The fourth-order valence-electron chi connectivity index (χ4n) is 1.13. The van der Waals surface area contributed by atoms with E-state index in [4.69, 9.17) is 12.2 Å². The Morgan fingerprint density at radius 2 is 2.44 bits per heavy atom. The van der Waals surface area contributed by atoms with Gasteiger partial charge in [-0.05, 0) is 34.6 Å². The van der Waals surface area contributed by atoms with Crippen molar-refractivity contribution in [2.24, 2.45) is 0 Å². The number of nitrogens with zero attached hydrogens (tertiary/aromatic N) is 2. The minimum atomic E-state index is 0.668. The third-order valence-electron chi connectivity index (χ3n) is 1.86. The Kier molecular flexibility index (Phi) is 6.10. The summed E-state index contributed by atoms with van der Waals surface area (Å²) in [6, 6.07) is 0. The number of thiocarbonyl (C=S) groups is 1. The van der Waals surface area contributed by atoms with Crippen LogP contribution >= 0.6 is 28.1 Å². The molecule has 0 aromatic carbocycles. The maximum Gasteiger partial charge on any atom is 0.166 e. The predicted molar refractivity (Wildman–Crippen MR) is 73.3 cm³/mol. The predicted octanol–water partition coefficient (Wildman–Crippen LogP) is 1.69. The topological polar surface area (TPSA) is 41.9 Å². The van der Waals surface area contributed by atoms with Crippen LogP contribution in [0.2, 0.25) is 0 Å². The van der Waals surface area contributed by atoms with Gasteiger partial charge in [0.25, 0.3) is 0 Å². The fraction of sp³-hybridized carbons (Fsp3) is 0.400. The Morgan fingerprint density at radius 3 is 3.06 bits per heavy atom. The normalized spacial score (nSPS) is 9.81. The van der Waals surface area contributed by atoms with Crippen LogP contribution < -0.4 is 10.6 Å². The molecule has 16 heavy (non-hydrogen) atoms. The van der Waals surface area contributed by atoms with Crippen molar-refractivity contribution < 1.29 is 0 Å². The quantitative estimate of drug-likeness (QED) is 0.477. The van der Waals surface area contributed by atoms with Crippen molar-refractivity contribution in [1.29, 1.82) is 0 Å². The first-order valence-electron chi connectivity index (χ1n) is 5.03. The Morgan fingerprint density at radius 1 is 1.62 bits per heavy atom. The Bertz CT molecular complexity index is 350. The third kappa shape index (κ3) is 5.27. The first kappa shape index (κ1) is 13.2. The van der Waals surface area contributed by atoms with Crippen molar-refractivity contribution in [3.8, 4) is 0 Å². The summed E-state index contributed by atoms with van der Waals surface area (Å²) in [6.45, 7) is 6.01. The van der Waals surface area contributed by atoms with Crippen molar-refractivity contribution in [3.05, 3.63) is 29.5 Å². The van der Waals surface area contributed by atoms with E-state index in [2.05, 4.69) is 38.2 Å². The summed E-state index contributed by atoms with van der Waals surface area (Å²) < 4.78 is 2.90. The van der Waals surface area contributed by atoms with Gasteiger partial charge < -0.3 is 10.6 Å². The van der Waals surface area contributed by atoms with E-state index in [1.807, 2.05) is 10.9 Å². The van der Waals surface area contributed by atoms with Gasteiger partial charge in [-0.2, -0.15) is 5.10 Å². The minimum absolute atomic E-state index is 0.668. The highest BCUT2D eigenvalue weighted by molar-refractivity contribution is 9.10. The van der Waals surface area contributed by atoms with Gasteiger partial charge in [0.05, 0.1) is 10.7 Å². The Balaban J connectivity index is 2.07. The molecule has 0 saturated carbocycles. The van der Waals surface area contributed by atoms with Gasteiger partial charge in [-0.25, -0.2) is 0 Å². The zero-order valence-electron chi connectivity index (χ0n) is 8.95. The number of hydrogen-bond acceptors (Lipinski definition) is 2. The highest BCUT2D eigenvalue weighted by Crippen LogP contribution is 2.06. The summed E-state index contributed by atoms with van der Waals surface area (Å²) >= 11 is 8.41. The number of rotatable bonds is 6. The zero-order valence-corrected chi connectivity index (χ0v) is 11.4. The van der Waals surface area contributed by atoms with E-state index >= 15 is 0 Å². The van der Waals surface area contributed by atoms with Gasteiger partial charge in [0.15, 0.2) is 5.11 Å². The second kappa shape index (κ2) is 7.40. The van der Waals surface area contributed by atoms with Crippen molar-refractivity contribution in [2.45, 2.75) is 13.0 Å². The molecule has 0 aliphatic heterocycles. The number of nitrogens with one attached hydrogen (secondary N) is 2. The average Bonchev–Trinajstić information content (AvgIpc) is 2.67. The van der Waals surface area contributed by atoms with Crippen LogP contribution in [0.25, 0.3) is 0 Å². The van der Waals surface area contributed by atoms with Crippen LogP contribution in [0.3, 0.4) is 0 Å². The lowest BCUT2D eigenvalue weighted by molar-refractivity contribution is 0.572. The molecule has 0 radical (unpaired) electrons. The molecule has 0 aliphatic carbocycles. The summed E-state index contributed by atoms with van der Waals surface area (Å²) in [7, 11) is 0. The maximum atomic E-state index is 5.05. The second-order valence-electron chi connectivity index (χ2n) is 3.20. The molecule has 0 aliphatic rings.